The van der Waals surface area contributed by atoms with Crippen molar-refractivity contribution in [1.82, 2.24) is 0 Å². The normalized spacial score (nSPS) is 9.94. The van der Waals surface area contributed by atoms with Gasteiger partial charge >= 0.3 is 5.69 Å². The maximum absolute atomic E-state index is 11.2. The van der Waals surface area contributed by atoms with E-state index in [1.807, 2.05) is 0 Å². The van der Waals surface area contributed by atoms with E-state index in [2.05, 4.69) is 0 Å². The van der Waals surface area contributed by atoms with Crippen molar-refractivity contribution >= 4 is 11.5 Å². The van der Waals surface area contributed by atoms with Crippen molar-refractivity contribution in [3.05, 3.63) is 33.4 Å². The number of nitrogens with zero attached hydrogens (tertiary/aromatic N) is 1. The molecule has 0 bridgehead atoms. The lowest BCUT2D eigenvalue weighted by molar-refractivity contribution is -0.385. The number of nitro groups is 1. The summed E-state index contributed by atoms with van der Waals surface area (Å²) in [6.45, 7) is 5.16. The van der Waals surface area contributed by atoms with Crippen molar-refractivity contribution < 1.29 is 14.5 Å². The van der Waals surface area contributed by atoms with Crippen LogP contribution in [0.5, 0.6) is 5.75 Å². The van der Waals surface area contributed by atoms with Crippen molar-refractivity contribution in [3.8, 4) is 5.75 Å². The molecule has 1 aromatic carbocycles. The Morgan fingerprint density at radius 1 is 1.50 bits per heavy atom. The van der Waals surface area contributed by atoms with Crippen molar-refractivity contribution in [1.29, 1.82) is 0 Å². The Morgan fingerprint density at radius 3 is 2.56 bits per heavy atom. The minimum Gasteiger partial charge on any atom is -0.487 e. The van der Waals surface area contributed by atoms with Crippen LogP contribution >= 0.6 is 0 Å². The number of ketones is 1. The minimum absolute atomic E-state index is 0.160. The van der Waals surface area contributed by atoms with E-state index in [0.29, 0.717) is 17.7 Å². The van der Waals surface area contributed by atoms with Crippen LogP contribution in [0.4, 0.5) is 5.69 Å². The molecule has 86 valence electrons. The minimum atomic E-state index is -0.537. The van der Waals surface area contributed by atoms with Crippen molar-refractivity contribution in [2.75, 3.05) is 6.61 Å². The molecule has 0 saturated carbocycles. The summed E-state index contributed by atoms with van der Waals surface area (Å²) in [5.41, 5.74) is 0.765. The van der Waals surface area contributed by atoms with Crippen molar-refractivity contribution in [2.45, 2.75) is 20.8 Å². The van der Waals surface area contributed by atoms with Gasteiger partial charge in [0.05, 0.1) is 11.5 Å². The second-order valence-electron chi connectivity index (χ2n) is 3.39. The molecule has 0 aromatic heterocycles. The van der Waals surface area contributed by atoms with Gasteiger partial charge in [-0.2, -0.15) is 0 Å². The third-order valence-electron chi connectivity index (χ3n) is 2.15. The lowest BCUT2D eigenvalue weighted by Gasteiger charge is -2.08. The van der Waals surface area contributed by atoms with Crippen LogP contribution in [-0.2, 0) is 0 Å². The van der Waals surface area contributed by atoms with E-state index in [9.17, 15) is 14.9 Å². The van der Waals surface area contributed by atoms with E-state index in [4.69, 9.17) is 4.74 Å². The summed E-state index contributed by atoms with van der Waals surface area (Å²) in [7, 11) is 0. The third kappa shape index (κ3) is 2.36. The van der Waals surface area contributed by atoms with Gasteiger partial charge < -0.3 is 4.74 Å². The van der Waals surface area contributed by atoms with Crippen LogP contribution in [-0.4, -0.2) is 17.3 Å². The monoisotopic (exact) mass is 223 g/mol. The van der Waals surface area contributed by atoms with Crippen LogP contribution in [0.2, 0.25) is 0 Å². The number of hydrogen-bond acceptors (Lipinski definition) is 4. The number of Topliss-reactive ketones (excluding diaryl/α,β-unsaturated/α-hetero) is 1. The fourth-order valence-corrected chi connectivity index (χ4v) is 1.43. The number of carbonyl (C=O) groups excluding carboxylic acids is 1. The highest BCUT2D eigenvalue weighted by Crippen LogP contribution is 2.32. The summed E-state index contributed by atoms with van der Waals surface area (Å²) in [5.74, 6) is 0.0340. The van der Waals surface area contributed by atoms with Crippen molar-refractivity contribution in [2.24, 2.45) is 0 Å². The molecule has 0 radical (unpaired) electrons. The summed E-state index contributed by atoms with van der Waals surface area (Å²) in [6.07, 6.45) is 0. The average Bonchev–Trinajstić information content (AvgIpc) is 2.20. The molecule has 0 atom stereocenters. The molecule has 16 heavy (non-hydrogen) atoms. The van der Waals surface area contributed by atoms with Gasteiger partial charge in [-0.05, 0) is 32.4 Å². The van der Waals surface area contributed by atoms with E-state index in [0.717, 1.165) is 0 Å². The van der Waals surface area contributed by atoms with Gasteiger partial charge in [-0.25, -0.2) is 0 Å². The van der Waals surface area contributed by atoms with Crippen LogP contribution in [0, 0.1) is 17.0 Å². The standard InChI is InChI=1S/C11H13NO4/c1-4-16-11-7(2)5-9(8(3)13)6-10(11)12(14)15/h5-6H,4H2,1-3H3. The van der Waals surface area contributed by atoms with E-state index in [1.54, 1.807) is 19.9 Å². The molecule has 0 saturated heterocycles. The first-order chi connectivity index (χ1) is 7.47. The maximum Gasteiger partial charge on any atom is 0.311 e. The molecule has 0 aliphatic carbocycles. The van der Waals surface area contributed by atoms with E-state index < -0.39 is 4.92 Å². The molecule has 5 nitrogen and oxygen atoms in total. The molecule has 0 fully saturated rings. The van der Waals surface area contributed by atoms with Crippen LogP contribution in [0.25, 0.3) is 0 Å². The number of aryl methyl sites for hydroxylation is 1. The number of rotatable bonds is 4. The zero-order valence-electron chi connectivity index (χ0n) is 9.44. The zero-order valence-corrected chi connectivity index (χ0v) is 9.44. The van der Waals surface area contributed by atoms with Crippen LogP contribution < -0.4 is 4.74 Å². The van der Waals surface area contributed by atoms with Crippen LogP contribution in [0.15, 0.2) is 12.1 Å². The van der Waals surface area contributed by atoms with E-state index in [-0.39, 0.29) is 17.2 Å². The van der Waals surface area contributed by atoms with Gasteiger partial charge in [-0.15, -0.1) is 0 Å². The maximum atomic E-state index is 11.2. The number of carbonyl (C=O) groups is 1. The molecule has 1 aromatic rings. The quantitative estimate of drug-likeness (QED) is 0.446. The molecule has 0 aliphatic rings. The first-order valence-electron chi connectivity index (χ1n) is 4.90. The molecule has 5 heteroatoms. The van der Waals surface area contributed by atoms with Crippen molar-refractivity contribution in [3.63, 3.8) is 0 Å². The van der Waals surface area contributed by atoms with Gasteiger partial charge in [0.15, 0.2) is 11.5 Å². The first kappa shape index (κ1) is 12.2. The molecule has 1 rings (SSSR count). The predicted molar refractivity (Wildman–Crippen MR) is 59.0 cm³/mol. The Balaban J connectivity index is 3.39. The number of benzene rings is 1. The van der Waals surface area contributed by atoms with Gasteiger partial charge in [0.25, 0.3) is 0 Å². The van der Waals surface area contributed by atoms with Gasteiger partial charge in [0, 0.05) is 11.6 Å². The molecule has 0 N–H and O–H groups in total. The Bertz CT molecular complexity index is 440. The summed E-state index contributed by atoms with van der Waals surface area (Å²) in [4.78, 5) is 21.5. The highest BCUT2D eigenvalue weighted by molar-refractivity contribution is 5.95. The average molecular weight is 223 g/mol. The third-order valence-corrected chi connectivity index (χ3v) is 2.15. The lowest BCUT2D eigenvalue weighted by Crippen LogP contribution is -2.02. The van der Waals surface area contributed by atoms with E-state index >= 15 is 0 Å². The fourth-order valence-electron chi connectivity index (χ4n) is 1.43. The van der Waals surface area contributed by atoms with Crippen LogP contribution in [0.3, 0.4) is 0 Å². The molecule has 0 heterocycles. The molecular weight excluding hydrogens is 210 g/mol. The molecule has 0 amide bonds. The number of hydrogen-bond donors (Lipinski definition) is 0. The molecule has 0 spiro atoms. The summed E-state index contributed by atoms with van der Waals surface area (Å²) in [6, 6.07) is 2.85. The molecule has 0 unspecified atom stereocenters. The summed E-state index contributed by atoms with van der Waals surface area (Å²) in [5, 5.41) is 10.8. The molecule has 0 aliphatic heterocycles. The van der Waals surface area contributed by atoms with E-state index in [1.165, 1.54) is 13.0 Å². The highest BCUT2D eigenvalue weighted by Gasteiger charge is 2.20. The highest BCUT2D eigenvalue weighted by atomic mass is 16.6. The van der Waals surface area contributed by atoms with Gasteiger partial charge in [-0.3, -0.25) is 14.9 Å². The Morgan fingerprint density at radius 2 is 2.12 bits per heavy atom. The smallest absolute Gasteiger partial charge is 0.311 e. The van der Waals surface area contributed by atoms with Crippen LogP contribution in [0.1, 0.15) is 29.8 Å². The Kier molecular flexibility index (Phi) is 3.60. The zero-order chi connectivity index (χ0) is 12.3. The summed E-state index contributed by atoms with van der Waals surface area (Å²) < 4.78 is 5.21. The Labute approximate surface area is 93.2 Å². The number of nitro benzene ring substituents is 1. The second kappa shape index (κ2) is 4.74. The second-order valence-corrected chi connectivity index (χ2v) is 3.39. The Hall–Kier alpha value is -1.91. The lowest BCUT2D eigenvalue weighted by atomic mass is 10.1. The fraction of sp³-hybridized carbons (Fsp3) is 0.364. The van der Waals surface area contributed by atoms with Gasteiger partial charge in [0.2, 0.25) is 0 Å². The number of ether oxygens (including phenoxy) is 1. The van der Waals surface area contributed by atoms with Gasteiger partial charge in [0.1, 0.15) is 0 Å². The SMILES string of the molecule is CCOc1c(C)cc(C(C)=O)cc1[N+](=O)[O-]. The van der Waals surface area contributed by atoms with Gasteiger partial charge in [-0.1, -0.05) is 0 Å². The topological polar surface area (TPSA) is 69.4 Å². The predicted octanol–water partition coefficient (Wildman–Crippen LogP) is 2.50. The summed E-state index contributed by atoms with van der Waals surface area (Å²) >= 11 is 0. The first-order valence-corrected chi connectivity index (χ1v) is 4.90. The largest absolute Gasteiger partial charge is 0.487 e. The molecular formula is C11H13NO4.